The fourth-order valence-corrected chi connectivity index (χ4v) is 2.91. The molecule has 0 aliphatic heterocycles. The molecule has 1 amide bonds. The van der Waals surface area contributed by atoms with E-state index in [0.29, 0.717) is 17.9 Å². The molecule has 3 N–H and O–H groups in total. The third-order valence-electron chi connectivity index (χ3n) is 3.77. The van der Waals surface area contributed by atoms with Gasteiger partial charge in [-0.25, -0.2) is 4.68 Å². The molecule has 2 aromatic rings. The monoisotopic (exact) mass is 302 g/mol. The van der Waals surface area contributed by atoms with Gasteiger partial charge in [-0.2, -0.15) is 16.9 Å². The maximum atomic E-state index is 12.1. The quantitative estimate of drug-likeness (QED) is 0.829. The molecule has 1 saturated carbocycles. The molecule has 0 saturated heterocycles. The molecule has 1 aliphatic carbocycles. The standard InChI is InChI=1S/C15H18N4OS/c1-21-15(6-7-15)10-17-14(20)13-5-8-19(18-13)12-4-2-3-11(16)9-12/h2-5,8-9H,6-7,10,16H2,1H3,(H,17,20). The summed E-state index contributed by atoms with van der Waals surface area (Å²) in [4.78, 5) is 12.1. The van der Waals surface area contributed by atoms with E-state index in [0.717, 1.165) is 5.69 Å². The van der Waals surface area contributed by atoms with Gasteiger partial charge in [-0.15, -0.1) is 0 Å². The SMILES string of the molecule is CSC1(CNC(=O)c2ccn(-c3cccc(N)c3)n2)CC1. The van der Waals surface area contributed by atoms with Gasteiger partial charge in [0.15, 0.2) is 5.69 Å². The van der Waals surface area contributed by atoms with E-state index in [9.17, 15) is 4.79 Å². The summed E-state index contributed by atoms with van der Waals surface area (Å²) in [5.74, 6) is -0.127. The summed E-state index contributed by atoms with van der Waals surface area (Å²) in [5, 5.41) is 7.28. The second kappa shape index (κ2) is 5.44. The van der Waals surface area contributed by atoms with Crippen LogP contribution in [0.5, 0.6) is 0 Å². The lowest BCUT2D eigenvalue weighted by molar-refractivity contribution is 0.0947. The number of carbonyl (C=O) groups excluding carboxylic acids is 1. The van der Waals surface area contributed by atoms with Gasteiger partial charge in [0, 0.05) is 23.2 Å². The highest BCUT2D eigenvalue weighted by molar-refractivity contribution is 8.00. The van der Waals surface area contributed by atoms with E-state index in [2.05, 4.69) is 16.7 Å². The summed E-state index contributed by atoms with van der Waals surface area (Å²) >= 11 is 1.82. The number of nitrogens with two attached hydrogens (primary N) is 1. The van der Waals surface area contributed by atoms with Gasteiger partial charge in [0.2, 0.25) is 0 Å². The first-order chi connectivity index (χ1) is 10.1. The van der Waals surface area contributed by atoms with Crippen molar-refractivity contribution in [3.63, 3.8) is 0 Å². The third kappa shape index (κ3) is 3.05. The first-order valence-electron chi connectivity index (χ1n) is 6.87. The Morgan fingerprint density at radius 2 is 2.29 bits per heavy atom. The second-order valence-electron chi connectivity index (χ2n) is 5.31. The van der Waals surface area contributed by atoms with E-state index in [-0.39, 0.29) is 10.7 Å². The summed E-state index contributed by atoms with van der Waals surface area (Å²) in [6.45, 7) is 0.706. The molecule has 21 heavy (non-hydrogen) atoms. The Kier molecular flexibility index (Phi) is 3.63. The Bertz CT molecular complexity index is 663. The number of thioether (sulfide) groups is 1. The Labute approximate surface area is 127 Å². The molecule has 110 valence electrons. The number of amides is 1. The highest BCUT2D eigenvalue weighted by Crippen LogP contribution is 2.46. The largest absolute Gasteiger partial charge is 0.399 e. The number of anilines is 1. The molecule has 0 bridgehead atoms. The molecule has 0 atom stereocenters. The molecule has 0 spiro atoms. The van der Waals surface area contributed by atoms with Crippen LogP contribution in [0.2, 0.25) is 0 Å². The van der Waals surface area contributed by atoms with Crippen molar-refractivity contribution in [1.29, 1.82) is 0 Å². The minimum absolute atomic E-state index is 0.127. The van der Waals surface area contributed by atoms with Gasteiger partial charge in [0.25, 0.3) is 5.91 Å². The third-order valence-corrected chi connectivity index (χ3v) is 5.19. The molecule has 0 unspecified atom stereocenters. The number of hydrogen-bond donors (Lipinski definition) is 2. The zero-order chi connectivity index (χ0) is 14.9. The van der Waals surface area contributed by atoms with Gasteiger partial charge in [-0.1, -0.05) is 6.07 Å². The summed E-state index contributed by atoms with van der Waals surface area (Å²) < 4.78 is 1.92. The minimum Gasteiger partial charge on any atom is -0.399 e. The van der Waals surface area contributed by atoms with Gasteiger partial charge in [0.05, 0.1) is 5.69 Å². The number of nitrogen functional groups attached to an aromatic ring is 1. The topological polar surface area (TPSA) is 72.9 Å². The van der Waals surface area contributed by atoms with Crippen LogP contribution in [0.25, 0.3) is 5.69 Å². The van der Waals surface area contributed by atoms with Gasteiger partial charge in [-0.05, 0) is 43.4 Å². The number of rotatable bonds is 5. The Morgan fingerprint density at radius 1 is 1.48 bits per heavy atom. The van der Waals surface area contributed by atoms with E-state index in [1.807, 2.05) is 36.0 Å². The van der Waals surface area contributed by atoms with Crippen LogP contribution in [0.3, 0.4) is 0 Å². The van der Waals surface area contributed by atoms with Crippen molar-refractivity contribution < 1.29 is 4.79 Å². The number of aromatic nitrogens is 2. The molecule has 1 aliphatic rings. The Hall–Kier alpha value is -1.95. The normalized spacial score (nSPS) is 15.7. The van der Waals surface area contributed by atoms with E-state index in [1.165, 1.54) is 12.8 Å². The van der Waals surface area contributed by atoms with Crippen molar-refractivity contribution in [3.05, 3.63) is 42.2 Å². The zero-order valence-corrected chi connectivity index (χ0v) is 12.7. The summed E-state index contributed by atoms with van der Waals surface area (Å²) in [5.41, 5.74) is 7.70. The second-order valence-corrected chi connectivity index (χ2v) is 6.58. The number of hydrogen-bond acceptors (Lipinski definition) is 4. The molecular formula is C15H18N4OS. The lowest BCUT2D eigenvalue weighted by Crippen LogP contribution is -2.32. The van der Waals surface area contributed by atoms with Crippen molar-refractivity contribution >= 4 is 23.4 Å². The first kappa shape index (κ1) is 14.0. The summed E-state index contributed by atoms with van der Waals surface area (Å²) in [6, 6.07) is 9.12. The number of carbonyl (C=O) groups is 1. The maximum Gasteiger partial charge on any atom is 0.271 e. The highest BCUT2D eigenvalue weighted by Gasteiger charge is 2.42. The van der Waals surface area contributed by atoms with Gasteiger partial charge in [0.1, 0.15) is 0 Å². The highest BCUT2D eigenvalue weighted by atomic mass is 32.2. The average Bonchev–Trinajstić information content (AvgIpc) is 3.11. The lowest BCUT2D eigenvalue weighted by Gasteiger charge is -2.11. The number of benzene rings is 1. The van der Waals surface area contributed by atoms with Crippen molar-refractivity contribution in [2.75, 3.05) is 18.5 Å². The van der Waals surface area contributed by atoms with Crippen molar-refractivity contribution in [2.45, 2.75) is 17.6 Å². The number of nitrogens with one attached hydrogen (secondary N) is 1. The lowest BCUT2D eigenvalue weighted by atomic mass is 10.3. The summed E-state index contributed by atoms with van der Waals surface area (Å²) in [6.07, 6.45) is 6.21. The van der Waals surface area contributed by atoms with Crippen LogP contribution in [0.1, 0.15) is 23.3 Å². The molecule has 1 aromatic carbocycles. The molecule has 5 nitrogen and oxygen atoms in total. The molecule has 3 rings (SSSR count). The van der Waals surface area contributed by atoms with Crippen molar-refractivity contribution in [1.82, 2.24) is 15.1 Å². The zero-order valence-electron chi connectivity index (χ0n) is 11.9. The predicted octanol–water partition coefficient (Wildman–Crippen LogP) is 2.08. The fourth-order valence-electron chi connectivity index (χ4n) is 2.18. The van der Waals surface area contributed by atoms with Gasteiger partial charge < -0.3 is 11.1 Å². The molecular weight excluding hydrogens is 284 g/mol. The van der Waals surface area contributed by atoms with Gasteiger partial charge >= 0.3 is 0 Å². The van der Waals surface area contributed by atoms with E-state index >= 15 is 0 Å². The summed E-state index contributed by atoms with van der Waals surface area (Å²) in [7, 11) is 0. The van der Waals surface area contributed by atoms with E-state index in [4.69, 9.17) is 5.73 Å². The van der Waals surface area contributed by atoms with E-state index < -0.39 is 0 Å². The fraction of sp³-hybridized carbons (Fsp3) is 0.333. The van der Waals surface area contributed by atoms with Crippen LogP contribution in [0.15, 0.2) is 36.5 Å². The van der Waals surface area contributed by atoms with Crippen molar-refractivity contribution in [3.8, 4) is 5.69 Å². The van der Waals surface area contributed by atoms with Crippen LogP contribution in [-0.2, 0) is 0 Å². The number of nitrogens with zero attached hydrogens (tertiary/aromatic N) is 2. The Balaban J connectivity index is 1.68. The van der Waals surface area contributed by atoms with Crippen LogP contribution in [-0.4, -0.2) is 33.2 Å². The first-order valence-corrected chi connectivity index (χ1v) is 8.09. The molecule has 6 heteroatoms. The maximum absolute atomic E-state index is 12.1. The Morgan fingerprint density at radius 3 is 2.95 bits per heavy atom. The molecule has 1 aromatic heterocycles. The minimum atomic E-state index is -0.127. The molecule has 0 radical (unpaired) electrons. The van der Waals surface area contributed by atoms with E-state index in [1.54, 1.807) is 16.9 Å². The molecule has 1 heterocycles. The smallest absolute Gasteiger partial charge is 0.271 e. The van der Waals surface area contributed by atoms with Crippen LogP contribution in [0, 0.1) is 0 Å². The average molecular weight is 302 g/mol. The van der Waals surface area contributed by atoms with Crippen LogP contribution < -0.4 is 11.1 Å². The van der Waals surface area contributed by atoms with Gasteiger partial charge in [-0.3, -0.25) is 4.79 Å². The van der Waals surface area contributed by atoms with Crippen LogP contribution >= 0.6 is 11.8 Å². The van der Waals surface area contributed by atoms with Crippen LogP contribution in [0.4, 0.5) is 5.69 Å². The molecule has 1 fully saturated rings. The predicted molar refractivity (Wildman–Crippen MR) is 85.8 cm³/mol. The van der Waals surface area contributed by atoms with Crippen molar-refractivity contribution in [2.24, 2.45) is 0 Å².